The van der Waals surface area contributed by atoms with Crippen LogP contribution in [0, 0.1) is 12.7 Å². The van der Waals surface area contributed by atoms with Gasteiger partial charge in [-0.2, -0.15) is 0 Å². The number of aryl methyl sites for hydroxylation is 1. The molecule has 0 atom stereocenters. The summed E-state index contributed by atoms with van der Waals surface area (Å²) in [5.41, 5.74) is 2.75. The van der Waals surface area contributed by atoms with Crippen LogP contribution in [0.5, 0.6) is 5.75 Å². The van der Waals surface area contributed by atoms with Crippen molar-refractivity contribution in [3.05, 3.63) is 63.0 Å². The molecule has 2 radical (unpaired) electrons. The summed E-state index contributed by atoms with van der Waals surface area (Å²) in [4.78, 5) is 15.3. The second kappa shape index (κ2) is 6.75. The monoisotopic (exact) mass is 455 g/mol. The summed E-state index contributed by atoms with van der Waals surface area (Å²) in [6, 6.07) is 8.61. The van der Waals surface area contributed by atoms with Crippen molar-refractivity contribution in [1.29, 1.82) is 0 Å². The van der Waals surface area contributed by atoms with E-state index >= 15 is 4.39 Å². The van der Waals surface area contributed by atoms with Crippen LogP contribution < -0.4 is 5.56 Å². The van der Waals surface area contributed by atoms with Crippen LogP contribution in [0.2, 0.25) is 5.21 Å². The Morgan fingerprint density at radius 2 is 2.00 bits per heavy atom. The number of aromatic nitrogens is 1. The van der Waals surface area contributed by atoms with Crippen molar-refractivity contribution >= 4 is 49.2 Å². The first-order valence-electron chi connectivity index (χ1n) is 8.91. The molecule has 0 saturated carbocycles. The minimum absolute atomic E-state index is 0.0723. The van der Waals surface area contributed by atoms with Crippen LogP contribution in [0.1, 0.15) is 25.0 Å². The molecule has 6 heteroatoms. The maximum atomic E-state index is 15.0. The number of fused-ring (bicyclic) bond motifs is 3. The van der Waals surface area contributed by atoms with E-state index in [2.05, 4.69) is 21.8 Å². The SMILES string of the molecule is Cc1cc(O)c(-c2ccc(C(C)(C)C[As])c(F)c2)c2c1[nH]c(=O)c1sccc12. The number of phenols is 1. The first-order valence-corrected chi connectivity index (χ1v) is 11.1. The first kappa shape index (κ1) is 19.2. The van der Waals surface area contributed by atoms with Crippen LogP contribution in [0.3, 0.4) is 0 Å². The van der Waals surface area contributed by atoms with E-state index < -0.39 is 0 Å². The predicted octanol–water partition coefficient (Wildman–Crippen LogP) is 5.43. The number of pyridine rings is 1. The molecule has 142 valence electrons. The van der Waals surface area contributed by atoms with Crippen molar-refractivity contribution in [2.75, 3.05) is 0 Å². The molecular formula is C22H19AsFNO2S. The Bertz CT molecular complexity index is 1290. The van der Waals surface area contributed by atoms with Crippen molar-refractivity contribution in [2.24, 2.45) is 0 Å². The first-order chi connectivity index (χ1) is 13.2. The quantitative estimate of drug-likeness (QED) is 0.405. The molecule has 0 saturated heterocycles. The van der Waals surface area contributed by atoms with Gasteiger partial charge in [-0.25, -0.2) is 0 Å². The third kappa shape index (κ3) is 2.89. The Hall–Kier alpha value is -2.10. The minimum atomic E-state index is -0.300. The van der Waals surface area contributed by atoms with Gasteiger partial charge in [0.2, 0.25) is 0 Å². The molecule has 0 spiro atoms. The Balaban J connectivity index is 2.09. The number of phenolic OH excluding ortho intramolecular Hbond substituents is 1. The van der Waals surface area contributed by atoms with Crippen LogP contribution in [0.25, 0.3) is 32.1 Å². The molecule has 0 amide bonds. The summed E-state index contributed by atoms with van der Waals surface area (Å²) in [5, 5.41) is 14.9. The predicted molar refractivity (Wildman–Crippen MR) is 115 cm³/mol. The number of nitrogens with one attached hydrogen (secondary N) is 1. The normalized spacial score (nSPS) is 12.2. The average Bonchev–Trinajstić information content (AvgIpc) is 3.13. The number of H-pyrrole nitrogens is 1. The van der Waals surface area contributed by atoms with E-state index in [1.807, 2.05) is 38.3 Å². The number of aromatic amines is 1. The fourth-order valence-corrected chi connectivity index (χ4v) is 4.83. The van der Waals surface area contributed by atoms with Gasteiger partial charge in [0.15, 0.2) is 0 Å². The van der Waals surface area contributed by atoms with Gasteiger partial charge >= 0.3 is 175 Å². The molecule has 0 aliphatic carbocycles. The summed E-state index contributed by atoms with van der Waals surface area (Å²) in [6.07, 6.45) is 0. The van der Waals surface area contributed by atoms with E-state index in [4.69, 9.17) is 0 Å². The topological polar surface area (TPSA) is 53.1 Å². The van der Waals surface area contributed by atoms with Crippen molar-refractivity contribution in [3.8, 4) is 16.9 Å². The number of hydrogen-bond donors (Lipinski definition) is 2. The van der Waals surface area contributed by atoms with Gasteiger partial charge in [-0.15, -0.1) is 0 Å². The van der Waals surface area contributed by atoms with Gasteiger partial charge in [0.1, 0.15) is 0 Å². The van der Waals surface area contributed by atoms with Crippen LogP contribution >= 0.6 is 11.3 Å². The fraction of sp³-hybridized carbons (Fsp3) is 0.227. The van der Waals surface area contributed by atoms with Gasteiger partial charge in [-0.3, -0.25) is 0 Å². The summed E-state index contributed by atoms with van der Waals surface area (Å²) < 4.78 is 15.6. The number of hydrogen-bond acceptors (Lipinski definition) is 3. The molecule has 0 unspecified atom stereocenters. The standard InChI is InChI=1S/C22H19AsFNO2S/c1-11-8-16(26)17(12-4-5-14(15(24)9-12)22(2,3)10-23)18-13-6-7-28-20(13)21(27)25-19(11)18/h4-9,26H,10H2,1-3H3,(H,25,27). The molecule has 2 aromatic carbocycles. The summed E-state index contributed by atoms with van der Waals surface area (Å²) in [7, 11) is 0. The number of rotatable bonds is 3. The van der Waals surface area contributed by atoms with Crippen molar-refractivity contribution in [3.63, 3.8) is 0 Å². The number of thiophene rings is 1. The molecule has 4 rings (SSSR count). The van der Waals surface area contributed by atoms with Crippen LogP contribution in [-0.4, -0.2) is 26.9 Å². The molecule has 2 N–H and O–H groups in total. The van der Waals surface area contributed by atoms with E-state index in [1.165, 1.54) is 17.4 Å². The summed E-state index contributed by atoms with van der Waals surface area (Å²) in [6.45, 7) is 5.84. The van der Waals surface area contributed by atoms with E-state index in [0.717, 1.165) is 21.5 Å². The number of halogens is 1. The van der Waals surface area contributed by atoms with Gasteiger partial charge in [0, 0.05) is 0 Å². The van der Waals surface area contributed by atoms with Gasteiger partial charge in [-0.1, -0.05) is 0 Å². The molecule has 0 fully saturated rings. The molecule has 28 heavy (non-hydrogen) atoms. The molecule has 0 aliphatic rings. The second-order valence-corrected chi connectivity index (χ2v) is 9.27. The molecule has 4 aromatic rings. The third-order valence-corrected chi connectivity index (χ3v) is 7.84. The zero-order chi connectivity index (χ0) is 20.2. The van der Waals surface area contributed by atoms with Gasteiger partial charge in [-0.05, 0) is 0 Å². The molecular weight excluding hydrogens is 436 g/mol. The molecule has 3 nitrogen and oxygen atoms in total. The Labute approximate surface area is 174 Å². The summed E-state index contributed by atoms with van der Waals surface area (Å²) in [5.74, 6) is -0.226. The number of benzene rings is 2. The van der Waals surface area contributed by atoms with E-state index in [0.29, 0.717) is 26.9 Å². The Morgan fingerprint density at radius 3 is 2.68 bits per heavy atom. The van der Waals surface area contributed by atoms with Crippen LogP contribution in [0.15, 0.2) is 40.5 Å². The average molecular weight is 455 g/mol. The van der Waals surface area contributed by atoms with Crippen LogP contribution in [0.4, 0.5) is 4.39 Å². The molecule has 2 aromatic heterocycles. The second-order valence-electron chi connectivity index (χ2n) is 7.69. The Morgan fingerprint density at radius 1 is 1.25 bits per heavy atom. The third-order valence-electron chi connectivity index (χ3n) is 5.27. The van der Waals surface area contributed by atoms with E-state index in [9.17, 15) is 9.90 Å². The Kier molecular flexibility index (Phi) is 4.63. The zero-order valence-corrected chi connectivity index (χ0v) is 18.5. The fourth-order valence-electron chi connectivity index (χ4n) is 3.68. The van der Waals surface area contributed by atoms with Crippen molar-refractivity contribution < 1.29 is 9.50 Å². The summed E-state index contributed by atoms with van der Waals surface area (Å²) >= 11 is 3.86. The van der Waals surface area contributed by atoms with Gasteiger partial charge < -0.3 is 0 Å². The van der Waals surface area contributed by atoms with E-state index in [-0.39, 0.29) is 22.5 Å². The molecule has 0 aliphatic heterocycles. The molecule has 0 bridgehead atoms. The van der Waals surface area contributed by atoms with Crippen molar-refractivity contribution in [2.45, 2.75) is 31.4 Å². The van der Waals surface area contributed by atoms with Gasteiger partial charge in [0.25, 0.3) is 0 Å². The maximum absolute atomic E-state index is 15.0. The van der Waals surface area contributed by atoms with Crippen molar-refractivity contribution in [1.82, 2.24) is 4.98 Å². The molecule has 2 heterocycles. The van der Waals surface area contributed by atoms with E-state index in [1.54, 1.807) is 12.1 Å². The van der Waals surface area contributed by atoms with Crippen LogP contribution in [-0.2, 0) is 5.41 Å². The zero-order valence-electron chi connectivity index (χ0n) is 15.8. The van der Waals surface area contributed by atoms with Gasteiger partial charge in [0.05, 0.1) is 0 Å². The number of aromatic hydroxyl groups is 1.